The summed E-state index contributed by atoms with van der Waals surface area (Å²) in [5, 5.41) is 0.679. The minimum Gasteiger partial charge on any atom is -0.326 e. The van der Waals surface area contributed by atoms with Gasteiger partial charge in [0.05, 0.1) is 5.25 Å². The van der Waals surface area contributed by atoms with Crippen LogP contribution in [0.2, 0.25) is 0 Å². The number of nitrogens with zero attached hydrogens (tertiary/aromatic N) is 1. The van der Waals surface area contributed by atoms with E-state index in [1.54, 1.807) is 0 Å². The van der Waals surface area contributed by atoms with Crippen LogP contribution < -0.4 is 11.3 Å². The molecule has 3 N–H and O–H groups in total. The van der Waals surface area contributed by atoms with Crippen LogP contribution in [0.4, 0.5) is 0 Å². The van der Waals surface area contributed by atoms with Crippen LogP contribution in [-0.4, -0.2) is 16.0 Å². The molecule has 1 aromatic carbocycles. The zero-order chi connectivity index (χ0) is 14.5. The molecule has 2 rings (SSSR count). The minimum absolute atomic E-state index is 0.00677. The standard InChI is InChI=1S/C15H19N3OS/c1-3-12(16)14(11-6-4-5-10(2)9-11)20-15-17-8-7-13(19)18-15/h4-9,12,14H,3,16H2,1-2H3,(H,17,18,19). The molecule has 0 bridgehead atoms. The Balaban J connectivity index is 2.31. The molecular formula is C15H19N3OS. The summed E-state index contributed by atoms with van der Waals surface area (Å²) in [5.41, 5.74) is 8.46. The summed E-state index contributed by atoms with van der Waals surface area (Å²) in [5.74, 6) is 0. The summed E-state index contributed by atoms with van der Waals surface area (Å²) in [6.07, 6.45) is 2.38. The monoisotopic (exact) mass is 289 g/mol. The summed E-state index contributed by atoms with van der Waals surface area (Å²) in [7, 11) is 0. The number of aromatic nitrogens is 2. The fourth-order valence-electron chi connectivity index (χ4n) is 2.00. The largest absolute Gasteiger partial charge is 0.326 e. The molecule has 0 aliphatic heterocycles. The maximum absolute atomic E-state index is 11.4. The van der Waals surface area contributed by atoms with Crippen molar-refractivity contribution >= 4 is 11.8 Å². The highest BCUT2D eigenvalue weighted by Gasteiger charge is 2.21. The third-order valence-corrected chi connectivity index (χ3v) is 4.42. The highest BCUT2D eigenvalue weighted by Crippen LogP contribution is 2.36. The maximum atomic E-state index is 11.4. The zero-order valence-corrected chi connectivity index (χ0v) is 12.5. The summed E-state index contributed by atoms with van der Waals surface area (Å²) in [6.45, 7) is 4.13. The number of H-pyrrole nitrogens is 1. The van der Waals surface area contributed by atoms with E-state index in [0.29, 0.717) is 5.16 Å². The fourth-order valence-corrected chi connectivity index (χ4v) is 3.17. The second kappa shape index (κ2) is 6.72. The van der Waals surface area contributed by atoms with Gasteiger partial charge < -0.3 is 10.7 Å². The van der Waals surface area contributed by atoms with Crippen LogP contribution in [0.15, 0.2) is 46.5 Å². The molecule has 5 heteroatoms. The predicted molar refractivity (Wildman–Crippen MR) is 82.9 cm³/mol. The molecule has 2 unspecified atom stereocenters. The van der Waals surface area contributed by atoms with Gasteiger partial charge in [-0.2, -0.15) is 0 Å². The number of rotatable bonds is 5. The molecular weight excluding hydrogens is 270 g/mol. The second-order valence-electron chi connectivity index (χ2n) is 4.76. The first-order chi connectivity index (χ1) is 9.60. The predicted octanol–water partition coefficient (Wildman–Crippen LogP) is 2.65. The van der Waals surface area contributed by atoms with Crippen molar-refractivity contribution in [1.82, 2.24) is 9.97 Å². The molecule has 0 amide bonds. The quantitative estimate of drug-likeness (QED) is 0.655. The smallest absolute Gasteiger partial charge is 0.251 e. The van der Waals surface area contributed by atoms with E-state index < -0.39 is 0 Å². The zero-order valence-electron chi connectivity index (χ0n) is 11.7. The van der Waals surface area contributed by atoms with Crippen molar-refractivity contribution in [3.8, 4) is 0 Å². The SMILES string of the molecule is CCC(N)C(Sc1nccc(=O)[nH]1)c1cccc(C)c1. The van der Waals surface area contributed by atoms with Crippen LogP contribution in [0.3, 0.4) is 0 Å². The molecule has 0 aliphatic carbocycles. The van der Waals surface area contributed by atoms with E-state index in [4.69, 9.17) is 5.73 Å². The molecule has 0 radical (unpaired) electrons. The number of hydrogen-bond acceptors (Lipinski definition) is 4. The van der Waals surface area contributed by atoms with Gasteiger partial charge in [0.2, 0.25) is 0 Å². The van der Waals surface area contributed by atoms with Crippen molar-refractivity contribution in [3.05, 3.63) is 58.0 Å². The number of hydrogen-bond donors (Lipinski definition) is 2. The van der Waals surface area contributed by atoms with Crippen LogP contribution in [0.1, 0.15) is 29.7 Å². The second-order valence-corrected chi connectivity index (χ2v) is 5.89. The third-order valence-electron chi connectivity index (χ3n) is 3.12. The lowest BCUT2D eigenvalue weighted by Crippen LogP contribution is -2.26. The van der Waals surface area contributed by atoms with Gasteiger partial charge in [0.15, 0.2) is 5.16 Å². The Morgan fingerprint density at radius 3 is 2.85 bits per heavy atom. The maximum Gasteiger partial charge on any atom is 0.251 e. The van der Waals surface area contributed by atoms with Gasteiger partial charge in [0.25, 0.3) is 5.56 Å². The first-order valence-electron chi connectivity index (χ1n) is 6.64. The Kier molecular flexibility index (Phi) is 4.98. The van der Waals surface area contributed by atoms with Crippen molar-refractivity contribution in [2.45, 2.75) is 36.7 Å². The minimum atomic E-state index is -0.143. The first kappa shape index (κ1) is 14.8. The Morgan fingerprint density at radius 1 is 1.40 bits per heavy atom. The van der Waals surface area contributed by atoms with Crippen molar-refractivity contribution in [2.24, 2.45) is 5.73 Å². The number of thioether (sulfide) groups is 1. The van der Waals surface area contributed by atoms with Gasteiger partial charge in [0, 0.05) is 18.3 Å². The Morgan fingerprint density at radius 2 is 2.20 bits per heavy atom. The molecule has 0 aliphatic rings. The molecule has 0 fully saturated rings. The van der Waals surface area contributed by atoms with E-state index in [0.717, 1.165) is 12.0 Å². The summed E-state index contributed by atoms with van der Waals surface area (Å²) in [6, 6.07) is 9.71. The lowest BCUT2D eigenvalue weighted by Gasteiger charge is -2.22. The van der Waals surface area contributed by atoms with Crippen molar-refractivity contribution in [2.75, 3.05) is 0 Å². The summed E-state index contributed by atoms with van der Waals surface area (Å²) in [4.78, 5) is 18.3. The van der Waals surface area contributed by atoms with E-state index in [2.05, 4.69) is 42.0 Å². The van der Waals surface area contributed by atoms with Crippen LogP contribution in [0, 0.1) is 6.92 Å². The van der Waals surface area contributed by atoms with Gasteiger partial charge in [0.1, 0.15) is 0 Å². The lowest BCUT2D eigenvalue weighted by atomic mass is 10.0. The van der Waals surface area contributed by atoms with E-state index in [-0.39, 0.29) is 16.9 Å². The van der Waals surface area contributed by atoms with Crippen LogP contribution >= 0.6 is 11.8 Å². The number of benzene rings is 1. The van der Waals surface area contributed by atoms with Gasteiger partial charge in [-0.3, -0.25) is 4.79 Å². The number of nitrogens with two attached hydrogens (primary N) is 1. The molecule has 1 aromatic heterocycles. The van der Waals surface area contributed by atoms with E-state index in [9.17, 15) is 4.79 Å². The number of aromatic amines is 1. The van der Waals surface area contributed by atoms with Gasteiger partial charge in [-0.15, -0.1) is 0 Å². The highest BCUT2D eigenvalue weighted by molar-refractivity contribution is 7.99. The Labute approximate surface area is 122 Å². The molecule has 2 atom stereocenters. The molecule has 4 nitrogen and oxygen atoms in total. The van der Waals surface area contributed by atoms with E-state index in [1.807, 2.05) is 6.07 Å². The topological polar surface area (TPSA) is 71.8 Å². The summed E-state index contributed by atoms with van der Waals surface area (Å²) < 4.78 is 0. The molecule has 0 saturated carbocycles. The molecule has 1 heterocycles. The van der Waals surface area contributed by atoms with Crippen LogP contribution in [-0.2, 0) is 0 Å². The Hall–Kier alpha value is -1.59. The molecule has 0 saturated heterocycles. The molecule has 106 valence electrons. The average molecular weight is 289 g/mol. The first-order valence-corrected chi connectivity index (χ1v) is 7.52. The summed E-state index contributed by atoms with van der Waals surface area (Å²) >= 11 is 1.51. The van der Waals surface area contributed by atoms with E-state index >= 15 is 0 Å². The average Bonchev–Trinajstić information content (AvgIpc) is 2.44. The molecule has 2 aromatic rings. The van der Waals surface area contributed by atoms with Crippen molar-refractivity contribution in [3.63, 3.8) is 0 Å². The fraction of sp³-hybridized carbons (Fsp3) is 0.333. The Bertz CT molecular complexity index is 626. The third kappa shape index (κ3) is 3.71. The van der Waals surface area contributed by atoms with Crippen LogP contribution in [0.5, 0.6) is 0 Å². The van der Waals surface area contributed by atoms with Crippen molar-refractivity contribution in [1.29, 1.82) is 0 Å². The van der Waals surface area contributed by atoms with E-state index in [1.165, 1.54) is 29.6 Å². The highest BCUT2D eigenvalue weighted by atomic mass is 32.2. The molecule has 0 spiro atoms. The molecule has 20 heavy (non-hydrogen) atoms. The number of aryl methyl sites for hydroxylation is 1. The van der Waals surface area contributed by atoms with Gasteiger partial charge in [-0.25, -0.2) is 4.98 Å². The van der Waals surface area contributed by atoms with Gasteiger partial charge in [-0.1, -0.05) is 48.5 Å². The lowest BCUT2D eigenvalue weighted by molar-refractivity contribution is 0.632. The van der Waals surface area contributed by atoms with Gasteiger partial charge >= 0.3 is 0 Å². The normalized spacial score (nSPS) is 13.9. The van der Waals surface area contributed by atoms with Crippen molar-refractivity contribution < 1.29 is 0 Å². The van der Waals surface area contributed by atoms with Gasteiger partial charge in [-0.05, 0) is 18.9 Å². The number of nitrogens with one attached hydrogen (secondary N) is 1. The van der Waals surface area contributed by atoms with Crippen LogP contribution in [0.25, 0.3) is 0 Å².